The number of benzene rings is 2. The SMILES string of the molecule is Cc1cc(C(=O)N2CCN(C(=O)/C(N)=C/S)CC2)ccc1NS(=O)(=O)c1cccc2cccnc12. The number of nitrogens with zero attached hydrogens (tertiary/aromatic N) is 3. The first-order valence-corrected chi connectivity index (χ1v) is 12.9. The van der Waals surface area contributed by atoms with Gasteiger partial charge in [-0.1, -0.05) is 18.2 Å². The molecule has 11 heteroatoms. The Balaban J connectivity index is 1.48. The number of amides is 2. The van der Waals surface area contributed by atoms with Crippen LogP contribution in [0.5, 0.6) is 0 Å². The Morgan fingerprint density at radius 1 is 1.06 bits per heavy atom. The number of aromatic nitrogens is 1. The molecule has 2 aromatic carbocycles. The van der Waals surface area contributed by atoms with E-state index in [0.717, 1.165) is 5.39 Å². The lowest BCUT2D eigenvalue weighted by Crippen LogP contribution is -2.51. The van der Waals surface area contributed by atoms with Crippen molar-refractivity contribution in [3.05, 3.63) is 77.0 Å². The fourth-order valence-corrected chi connectivity index (χ4v) is 5.36. The smallest absolute Gasteiger partial charge is 0.270 e. The summed E-state index contributed by atoms with van der Waals surface area (Å²) >= 11 is 3.91. The van der Waals surface area contributed by atoms with Crippen molar-refractivity contribution in [2.75, 3.05) is 30.9 Å². The summed E-state index contributed by atoms with van der Waals surface area (Å²) in [6, 6.07) is 13.4. The summed E-state index contributed by atoms with van der Waals surface area (Å²) < 4.78 is 28.8. The lowest BCUT2D eigenvalue weighted by molar-refractivity contribution is -0.128. The number of nitrogens with two attached hydrogens (primary N) is 1. The molecule has 1 fully saturated rings. The van der Waals surface area contributed by atoms with E-state index in [2.05, 4.69) is 22.3 Å². The fourth-order valence-electron chi connectivity index (χ4n) is 3.94. The van der Waals surface area contributed by atoms with Gasteiger partial charge in [0, 0.05) is 43.3 Å². The van der Waals surface area contributed by atoms with Crippen LogP contribution in [0.25, 0.3) is 10.9 Å². The molecular formula is C24H25N5O4S2. The summed E-state index contributed by atoms with van der Waals surface area (Å²) in [5.74, 6) is -0.494. The summed E-state index contributed by atoms with van der Waals surface area (Å²) in [5.41, 5.74) is 7.49. The highest BCUT2D eigenvalue weighted by atomic mass is 32.2. The Kier molecular flexibility index (Phi) is 6.99. The van der Waals surface area contributed by atoms with Crippen LogP contribution in [0.2, 0.25) is 0 Å². The van der Waals surface area contributed by atoms with E-state index < -0.39 is 10.0 Å². The molecular weight excluding hydrogens is 486 g/mol. The van der Waals surface area contributed by atoms with E-state index in [9.17, 15) is 18.0 Å². The van der Waals surface area contributed by atoms with Gasteiger partial charge >= 0.3 is 0 Å². The second-order valence-electron chi connectivity index (χ2n) is 8.14. The standard InChI is InChI=1S/C24H25N5O4S2/c1-16-14-18(23(30)28-10-12-29(13-11-28)24(31)19(25)15-34)7-8-20(16)27-35(32,33)21-6-2-4-17-5-3-9-26-22(17)21/h2-9,14-15,27,34H,10-13,25H2,1H3/b19-15-. The van der Waals surface area contributed by atoms with Crippen LogP contribution in [0.15, 0.2) is 70.7 Å². The van der Waals surface area contributed by atoms with Crippen molar-refractivity contribution >= 4 is 51.1 Å². The molecule has 1 aromatic heterocycles. The Labute approximate surface area is 209 Å². The van der Waals surface area contributed by atoms with Crippen LogP contribution in [0.3, 0.4) is 0 Å². The zero-order valence-corrected chi connectivity index (χ0v) is 20.7. The van der Waals surface area contributed by atoms with Gasteiger partial charge in [0.25, 0.3) is 21.8 Å². The zero-order valence-electron chi connectivity index (χ0n) is 19.0. The molecule has 4 rings (SSSR count). The Bertz CT molecular complexity index is 1430. The van der Waals surface area contributed by atoms with Crippen LogP contribution in [0.4, 0.5) is 5.69 Å². The van der Waals surface area contributed by atoms with E-state index >= 15 is 0 Å². The van der Waals surface area contributed by atoms with Gasteiger partial charge in [-0.05, 0) is 48.2 Å². The van der Waals surface area contributed by atoms with Crippen molar-refractivity contribution < 1.29 is 18.0 Å². The van der Waals surface area contributed by atoms with Gasteiger partial charge in [-0.25, -0.2) is 8.42 Å². The Morgan fingerprint density at radius 3 is 2.43 bits per heavy atom. The second kappa shape index (κ2) is 9.96. The number of thiol groups is 1. The Hall–Kier alpha value is -3.57. The molecule has 1 saturated heterocycles. The molecule has 0 bridgehead atoms. The highest BCUT2D eigenvalue weighted by molar-refractivity contribution is 7.93. The Morgan fingerprint density at radius 2 is 1.74 bits per heavy atom. The van der Waals surface area contributed by atoms with Crippen LogP contribution >= 0.6 is 12.6 Å². The van der Waals surface area contributed by atoms with Crippen molar-refractivity contribution in [2.24, 2.45) is 5.73 Å². The van der Waals surface area contributed by atoms with E-state index in [1.165, 1.54) is 11.5 Å². The summed E-state index contributed by atoms with van der Waals surface area (Å²) in [6.07, 6.45) is 1.55. The van der Waals surface area contributed by atoms with Crippen molar-refractivity contribution in [2.45, 2.75) is 11.8 Å². The van der Waals surface area contributed by atoms with Gasteiger partial charge in [-0.3, -0.25) is 19.3 Å². The second-order valence-corrected chi connectivity index (χ2v) is 10.0. The van der Waals surface area contributed by atoms with Gasteiger partial charge in [-0.15, -0.1) is 12.6 Å². The topological polar surface area (TPSA) is 126 Å². The summed E-state index contributed by atoms with van der Waals surface area (Å²) in [6.45, 7) is 3.20. The summed E-state index contributed by atoms with van der Waals surface area (Å²) in [4.78, 5) is 32.7. The van der Waals surface area contributed by atoms with E-state index in [-0.39, 0.29) is 22.4 Å². The van der Waals surface area contributed by atoms with Crippen LogP contribution in [0, 0.1) is 6.92 Å². The quantitative estimate of drug-likeness (QED) is 0.357. The number of nitrogens with one attached hydrogen (secondary N) is 1. The number of hydrogen-bond acceptors (Lipinski definition) is 7. The normalized spacial score (nSPS) is 14.7. The molecule has 0 saturated carbocycles. The molecule has 3 aromatic rings. The first kappa shape index (κ1) is 24.6. The summed E-state index contributed by atoms with van der Waals surface area (Å²) in [5, 5.41) is 1.98. The van der Waals surface area contributed by atoms with Gasteiger partial charge in [0.2, 0.25) is 0 Å². The number of aryl methyl sites for hydroxylation is 1. The van der Waals surface area contributed by atoms with E-state index in [1.807, 2.05) is 0 Å². The molecule has 35 heavy (non-hydrogen) atoms. The number of para-hydroxylation sites is 1. The number of anilines is 1. The minimum atomic E-state index is -3.91. The van der Waals surface area contributed by atoms with Gasteiger partial charge in [-0.2, -0.15) is 0 Å². The molecule has 0 spiro atoms. The third-order valence-corrected chi connectivity index (χ3v) is 7.52. The number of hydrogen-bond donors (Lipinski definition) is 3. The number of pyridine rings is 1. The molecule has 1 aliphatic heterocycles. The van der Waals surface area contributed by atoms with E-state index in [1.54, 1.807) is 65.4 Å². The molecule has 0 aliphatic carbocycles. The number of sulfonamides is 1. The number of carbonyl (C=O) groups excluding carboxylic acids is 2. The number of carbonyl (C=O) groups is 2. The van der Waals surface area contributed by atoms with Crippen LogP contribution in [-0.4, -0.2) is 61.2 Å². The van der Waals surface area contributed by atoms with Crippen LogP contribution in [-0.2, 0) is 14.8 Å². The van der Waals surface area contributed by atoms with E-state index in [0.29, 0.717) is 48.5 Å². The van der Waals surface area contributed by atoms with Gasteiger partial charge < -0.3 is 15.5 Å². The van der Waals surface area contributed by atoms with Crippen molar-refractivity contribution in [3.8, 4) is 0 Å². The predicted octanol–water partition coefficient (Wildman–Crippen LogP) is 2.36. The first-order chi connectivity index (χ1) is 16.7. The highest BCUT2D eigenvalue weighted by Gasteiger charge is 2.26. The molecule has 0 atom stereocenters. The minimum absolute atomic E-state index is 0.0565. The van der Waals surface area contributed by atoms with E-state index in [4.69, 9.17) is 5.73 Å². The maximum Gasteiger partial charge on any atom is 0.270 e. The van der Waals surface area contributed by atoms with Gasteiger partial charge in [0.1, 0.15) is 10.6 Å². The first-order valence-electron chi connectivity index (χ1n) is 10.9. The maximum absolute atomic E-state index is 13.1. The molecule has 182 valence electrons. The van der Waals surface area contributed by atoms with Crippen molar-refractivity contribution in [1.29, 1.82) is 0 Å². The number of fused-ring (bicyclic) bond motifs is 1. The maximum atomic E-state index is 13.1. The van der Waals surface area contributed by atoms with Crippen molar-refractivity contribution in [3.63, 3.8) is 0 Å². The third kappa shape index (κ3) is 5.10. The predicted molar refractivity (Wildman–Crippen MR) is 137 cm³/mol. The highest BCUT2D eigenvalue weighted by Crippen LogP contribution is 2.25. The molecule has 2 amide bonds. The number of piperazine rings is 1. The van der Waals surface area contributed by atoms with Crippen LogP contribution in [0.1, 0.15) is 15.9 Å². The lowest BCUT2D eigenvalue weighted by Gasteiger charge is -2.34. The lowest BCUT2D eigenvalue weighted by atomic mass is 10.1. The van der Waals surface area contributed by atoms with Gasteiger partial charge in [0.15, 0.2) is 0 Å². The van der Waals surface area contributed by atoms with Crippen molar-refractivity contribution in [1.82, 2.24) is 14.8 Å². The molecule has 0 radical (unpaired) electrons. The minimum Gasteiger partial charge on any atom is -0.394 e. The monoisotopic (exact) mass is 511 g/mol. The molecule has 2 heterocycles. The largest absolute Gasteiger partial charge is 0.394 e. The zero-order chi connectivity index (χ0) is 25.2. The summed E-state index contributed by atoms with van der Waals surface area (Å²) in [7, 11) is -3.91. The molecule has 3 N–H and O–H groups in total. The van der Waals surface area contributed by atoms with Crippen LogP contribution < -0.4 is 10.5 Å². The average Bonchev–Trinajstić information content (AvgIpc) is 2.88. The molecule has 1 aliphatic rings. The average molecular weight is 512 g/mol. The molecule has 0 unspecified atom stereocenters. The fraction of sp³-hybridized carbons (Fsp3) is 0.208. The third-order valence-electron chi connectivity index (χ3n) is 5.84. The number of rotatable bonds is 5. The molecule has 9 nitrogen and oxygen atoms in total. The van der Waals surface area contributed by atoms with Gasteiger partial charge in [0.05, 0.1) is 11.2 Å².